The lowest BCUT2D eigenvalue weighted by Crippen LogP contribution is -2.45. The molecule has 2 rings (SSSR count). The Morgan fingerprint density at radius 1 is 1.00 bits per heavy atom. The van der Waals surface area contributed by atoms with Crippen molar-refractivity contribution in [1.82, 2.24) is 9.80 Å². The number of likely N-dealkylation sites (N-methyl/N-ethyl adjacent to an activating group) is 1. The highest BCUT2D eigenvalue weighted by Gasteiger charge is 2.12. The van der Waals surface area contributed by atoms with E-state index in [1.165, 1.54) is 37.4 Å². The molecule has 1 aromatic carbocycles. The highest BCUT2D eigenvalue weighted by atomic mass is 15.2. The lowest BCUT2D eigenvalue weighted by Gasteiger charge is -2.32. The maximum atomic E-state index is 3.48. The number of benzene rings is 1. The van der Waals surface area contributed by atoms with Gasteiger partial charge in [0.1, 0.15) is 0 Å². The van der Waals surface area contributed by atoms with Crippen molar-refractivity contribution in [3.05, 3.63) is 29.8 Å². The van der Waals surface area contributed by atoms with Crippen molar-refractivity contribution in [3.8, 4) is 0 Å². The Balaban J connectivity index is 0.000000861. The number of aryl methyl sites for hydroxylation is 1. The summed E-state index contributed by atoms with van der Waals surface area (Å²) in [4.78, 5) is 4.92. The van der Waals surface area contributed by atoms with E-state index in [0.717, 1.165) is 13.1 Å². The second kappa shape index (κ2) is 8.94. The van der Waals surface area contributed by atoms with Crippen LogP contribution in [0.2, 0.25) is 0 Å². The summed E-state index contributed by atoms with van der Waals surface area (Å²) in [6, 6.07) is 8.61. The van der Waals surface area contributed by atoms with E-state index in [1.807, 2.05) is 13.8 Å². The molecular formula is C16H29N3. The Labute approximate surface area is 118 Å². The van der Waals surface area contributed by atoms with Gasteiger partial charge in [-0.05, 0) is 26.1 Å². The molecule has 0 aromatic heterocycles. The van der Waals surface area contributed by atoms with Crippen molar-refractivity contribution in [2.75, 3.05) is 51.6 Å². The zero-order chi connectivity index (χ0) is 14.1. The first-order valence-corrected chi connectivity index (χ1v) is 7.45. The van der Waals surface area contributed by atoms with Gasteiger partial charge in [-0.2, -0.15) is 0 Å². The van der Waals surface area contributed by atoms with Crippen molar-refractivity contribution in [3.63, 3.8) is 0 Å². The fourth-order valence-electron chi connectivity index (χ4n) is 2.10. The van der Waals surface area contributed by atoms with Crippen molar-refractivity contribution in [2.24, 2.45) is 0 Å². The summed E-state index contributed by atoms with van der Waals surface area (Å²) in [5.41, 5.74) is 2.54. The summed E-state index contributed by atoms with van der Waals surface area (Å²) in [7, 11) is 2.20. The monoisotopic (exact) mass is 263 g/mol. The maximum Gasteiger partial charge on any atom is 0.0340 e. The molecule has 0 radical (unpaired) electrons. The van der Waals surface area contributed by atoms with E-state index in [-0.39, 0.29) is 0 Å². The minimum atomic E-state index is 1.03. The number of anilines is 1. The molecule has 3 heteroatoms. The number of rotatable bonds is 4. The van der Waals surface area contributed by atoms with E-state index in [0.29, 0.717) is 0 Å². The third kappa shape index (κ3) is 6.08. The lowest BCUT2D eigenvalue weighted by atomic mass is 10.2. The van der Waals surface area contributed by atoms with Gasteiger partial charge in [0.05, 0.1) is 0 Å². The molecule has 1 aliphatic rings. The Morgan fingerprint density at radius 2 is 1.58 bits per heavy atom. The number of nitrogens with zero attached hydrogens (tertiary/aromatic N) is 2. The predicted octanol–water partition coefficient (Wildman–Crippen LogP) is 2.68. The molecule has 1 heterocycles. The largest absolute Gasteiger partial charge is 0.384 e. The zero-order valence-electron chi connectivity index (χ0n) is 12.9. The van der Waals surface area contributed by atoms with Crippen LogP contribution in [-0.4, -0.2) is 56.1 Å². The van der Waals surface area contributed by atoms with Crippen LogP contribution >= 0.6 is 0 Å². The summed E-state index contributed by atoms with van der Waals surface area (Å²) in [6.07, 6.45) is 0. The zero-order valence-corrected chi connectivity index (χ0v) is 12.9. The standard InChI is InChI=1S/C14H23N3.C2H6/c1-13-3-5-14(6-4-13)15-7-8-17-11-9-16(2)10-12-17;1-2/h3-6,15H,7-12H2,1-2H3;1-2H3. The van der Waals surface area contributed by atoms with E-state index in [4.69, 9.17) is 0 Å². The summed E-state index contributed by atoms with van der Waals surface area (Å²) < 4.78 is 0. The number of hydrogen-bond acceptors (Lipinski definition) is 3. The van der Waals surface area contributed by atoms with Crippen LogP contribution in [0.1, 0.15) is 19.4 Å². The molecular weight excluding hydrogens is 234 g/mol. The van der Waals surface area contributed by atoms with E-state index >= 15 is 0 Å². The molecule has 0 atom stereocenters. The van der Waals surface area contributed by atoms with E-state index in [9.17, 15) is 0 Å². The number of nitrogens with one attached hydrogen (secondary N) is 1. The van der Waals surface area contributed by atoms with Gasteiger partial charge in [0.15, 0.2) is 0 Å². The third-order valence-electron chi connectivity index (χ3n) is 3.40. The highest BCUT2D eigenvalue weighted by Crippen LogP contribution is 2.08. The summed E-state index contributed by atoms with van der Waals surface area (Å²) in [5.74, 6) is 0. The fourth-order valence-corrected chi connectivity index (χ4v) is 2.10. The van der Waals surface area contributed by atoms with Gasteiger partial charge in [-0.25, -0.2) is 0 Å². The van der Waals surface area contributed by atoms with Gasteiger partial charge in [-0.15, -0.1) is 0 Å². The van der Waals surface area contributed by atoms with Crippen LogP contribution < -0.4 is 5.32 Å². The van der Waals surface area contributed by atoms with Gasteiger partial charge >= 0.3 is 0 Å². The Morgan fingerprint density at radius 3 is 2.16 bits per heavy atom. The Hall–Kier alpha value is -1.06. The van der Waals surface area contributed by atoms with Gasteiger partial charge in [0, 0.05) is 45.0 Å². The molecule has 1 aliphatic heterocycles. The molecule has 0 unspecified atom stereocenters. The molecule has 0 bridgehead atoms. The molecule has 0 aliphatic carbocycles. The first-order chi connectivity index (χ1) is 9.24. The maximum absolute atomic E-state index is 3.48. The molecule has 0 saturated carbocycles. The van der Waals surface area contributed by atoms with Crippen LogP contribution in [0.4, 0.5) is 5.69 Å². The predicted molar refractivity (Wildman–Crippen MR) is 85.0 cm³/mol. The quantitative estimate of drug-likeness (QED) is 0.901. The van der Waals surface area contributed by atoms with E-state index < -0.39 is 0 Å². The molecule has 0 amide bonds. The summed E-state index contributed by atoms with van der Waals surface area (Å²) in [6.45, 7) is 13.1. The topological polar surface area (TPSA) is 18.5 Å². The average molecular weight is 263 g/mol. The molecule has 1 saturated heterocycles. The van der Waals surface area contributed by atoms with Gasteiger partial charge < -0.3 is 10.2 Å². The molecule has 1 N–H and O–H groups in total. The van der Waals surface area contributed by atoms with Gasteiger partial charge in [-0.3, -0.25) is 4.90 Å². The van der Waals surface area contributed by atoms with Crippen LogP contribution in [-0.2, 0) is 0 Å². The van der Waals surface area contributed by atoms with Crippen molar-refractivity contribution >= 4 is 5.69 Å². The Bertz CT molecular complexity index is 326. The number of hydrogen-bond donors (Lipinski definition) is 1. The number of piperazine rings is 1. The minimum absolute atomic E-state index is 1.03. The second-order valence-electron chi connectivity index (χ2n) is 4.94. The normalized spacial score (nSPS) is 16.6. The second-order valence-corrected chi connectivity index (χ2v) is 4.94. The van der Waals surface area contributed by atoms with Crippen molar-refractivity contribution in [1.29, 1.82) is 0 Å². The van der Waals surface area contributed by atoms with Gasteiger partial charge in [-0.1, -0.05) is 31.5 Å². The summed E-state index contributed by atoms with van der Waals surface area (Å²) >= 11 is 0. The van der Waals surface area contributed by atoms with Gasteiger partial charge in [0.2, 0.25) is 0 Å². The molecule has 19 heavy (non-hydrogen) atoms. The van der Waals surface area contributed by atoms with Gasteiger partial charge in [0.25, 0.3) is 0 Å². The molecule has 108 valence electrons. The van der Waals surface area contributed by atoms with Crippen LogP contribution in [0.25, 0.3) is 0 Å². The highest BCUT2D eigenvalue weighted by molar-refractivity contribution is 5.44. The van der Waals surface area contributed by atoms with E-state index in [2.05, 4.69) is 53.4 Å². The third-order valence-corrected chi connectivity index (χ3v) is 3.40. The first-order valence-electron chi connectivity index (χ1n) is 7.45. The van der Waals surface area contributed by atoms with Crippen molar-refractivity contribution in [2.45, 2.75) is 20.8 Å². The van der Waals surface area contributed by atoms with E-state index in [1.54, 1.807) is 0 Å². The van der Waals surface area contributed by atoms with Crippen LogP contribution in [0.15, 0.2) is 24.3 Å². The SMILES string of the molecule is CC.Cc1ccc(NCCN2CCN(C)CC2)cc1. The van der Waals surface area contributed by atoms with Crippen LogP contribution in [0.3, 0.4) is 0 Å². The average Bonchev–Trinajstić information content (AvgIpc) is 2.45. The smallest absolute Gasteiger partial charge is 0.0340 e. The fraction of sp³-hybridized carbons (Fsp3) is 0.625. The van der Waals surface area contributed by atoms with Crippen LogP contribution in [0.5, 0.6) is 0 Å². The van der Waals surface area contributed by atoms with Crippen molar-refractivity contribution < 1.29 is 0 Å². The summed E-state index contributed by atoms with van der Waals surface area (Å²) in [5, 5.41) is 3.48. The lowest BCUT2D eigenvalue weighted by molar-refractivity contribution is 0.158. The molecule has 1 aromatic rings. The first kappa shape index (κ1) is 16.0. The molecule has 0 spiro atoms. The Kier molecular flexibility index (Phi) is 7.53. The van der Waals surface area contributed by atoms with Crippen LogP contribution in [0, 0.1) is 6.92 Å². The molecule has 3 nitrogen and oxygen atoms in total. The minimum Gasteiger partial charge on any atom is -0.384 e. The molecule has 1 fully saturated rings.